The van der Waals surface area contributed by atoms with Gasteiger partial charge in [-0.3, -0.25) is 4.99 Å². The second kappa shape index (κ2) is 5.46. The Bertz CT molecular complexity index is 654. The summed E-state index contributed by atoms with van der Waals surface area (Å²) >= 11 is 9.45. The van der Waals surface area contributed by atoms with Gasteiger partial charge in [-0.1, -0.05) is 39.7 Å². The maximum absolute atomic E-state index is 6.05. The standard InChI is InChI=1S/C15H13BrClN3/c16-11-3-1-2-10(8-11)14-9-19-15(18)20(14)13-6-4-12(17)5-7-13/h1-8,14H,9H2,(H2,18,19). The van der Waals surface area contributed by atoms with E-state index in [4.69, 9.17) is 17.3 Å². The van der Waals surface area contributed by atoms with Crippen molar-refractivity contribution in [3.63, 3.8) is 0 Å². The predicted octanol–water partition coefficient (Wildman–Crippen LogP) is 3.98. The molecule has 0 amide bonds. The molecular formula is C15H13BrClN3. The van der Waals surface area contributed by atoms with Crippen LogP contribution < -0.4 is 10.6 Å². The van der Waals surface area contributed by atoms with Crippen molar-refractivity contribution in [3.8, 4) is 0 Å². The van der Waals surface area contributed by atoms with Gasteiger partial charge in [-0.15, -0.1) is 0 Å². The fourth-order valence-electron chi connectivity index (χ4n) is 2.38. The number of anilines is 1. The lowest BCUT2D eigenvalue weighted by Crippen LogP contribution is -2.36. The average molecular weight is 351 g/mol. The van der Waals surface area contributed by atoms with Gasteiger partial charge in [0.2, 0.25) is 0 Å². The number of hydrogen-bond donors (Lipinski definition) is 1. The van der Waals surface area contributed by atoms with E-state index in [0.717, 1.165) is 10.2 Å². The van der Waals surface area contributed by atoms with Gasteiger partial charge in [-0.25, -0.2) is 0 Å². The number of benzene rings is 2. The molecule has 0 saturated heterocycles. The third kappa shape index (κ3) is 2.53. The molecular weight excluding hydrogens is 338 g/mol. The second-order valence-corrected chi connectivity index (χ2v) is 5.97. The highest BCUT2D eigenvalue weighted by Crippen LogP contribution is 2.32. The highest BCUT2D eigenvalue weighted by Gasteiger charge is 2.28. The second-order valence-electron chi connectivity index (χ2n) is 4.62. The van der Waals surface area contributed by atoms with E-state index >= 15 is 0 Å². The van der Waals surface area contributed by atoms with Crippen LogP contribution in [0.5, 0.6) is 0 Å². The fourth-order valence-corrected chi connectivity index (χ4v) is 2.92. The number of guanidine groups is 1. The van der Waals surface area contributed by atoms with Gasteiger partial charge in [0.05, 0.1) is 12.6 Å². The molecule has 1 unspecified atom stereocenters. The molecule has 102 valence electrons. The minimum Gasteiger partial charge on any atom is -0.369 e. The summed E-state index contributed by atoms with van der Waals surface area (Å²) in [6.45, 7) is 0.658. The van der Waals surface area contributed by atoms with Crippen LogP contribution >= 0.6 is 27.5 Å². The third-order valence-electron chi connectivity index (χ3n) is 3.32. The molecule has 1 atom stereocenters. The quantitative estimate of drug-likeness (QED) is 0.890. The zero-order valence-corrected chi connectivity index (χ0v) is 13.0. The van der Waals surface area contributed by atoms with Crippen LogP contribution in [-0.4, -0.2) is 12.5 Å². The molecule has 0 aliphatic carbocycles. The van der Waals surface area contributed by atoms with Crippen LogP contribution in [0.2, 0.25) is 5.02 Å². The van der Waals surface area contributed by atoms with E-state index in [-0.39, 0.29) is 6.04 Å². The lowest BCUT2D eigenvalue weighted by atomic mass is 10.1. The number of rotatable bonds is 2. The van der Waals surface area contributed by atoms with E-state index in [2.05, 4.69) is 33.1 Å². The van der Waals surface area contributed by atoms with Crippen molar-refractivity contribution >= 4 is 39.2 Å². The van der Waals surface area contributed by atoms with Gasteiger partial charge in [-0.05, 0) is 42.0 Å². The lowest BCUT2D eigenvalue weighted by Gasteiger charge is -2.26. The Morgan fingerprint density at radius 2 is 1.95 bits per heavy atom. The van der Waals surface area contributed by atoms with Crippen LogP contribution in [-0.2, 0) is 0 Å². The molecule has 3 rings (SSSR count). The first kappa shape index (κ1) is 13.5. The first-order chi connectivity index (χ1) is 9.65. The zero-order chi connectivity index (χ0) is 14.1. The molecule has 1 aliphatic heterocycles. The molecule has 1 heterocycles. The molecule has 0 aromatic heterocycles. The first-order valence-corrected chi connectivity index (χ1v) is 7.42. The van der Waals surface area contributed by atoms with Crippen molar-refractivity contribution in [2.75, 3.05) is 11.4 Å². The van der Waals surface area contributed by atoms with E-state index in [1.807, 2.05) is 41.3 Å². The van der Waals surface area contributed by atoms with Crippen LogP contribution in [0, 0.1) is 0 Å². The van der Waals surface area contributed by atoms with Gasteiger partial charge in [-0.2, -0.15) is 0 Å². The van der Waals surface area contributed by atoms with Crippen LogP contribution in [0.15, 0.2) is 58.0 Å². The topological polar surface area (TPSA) is 41.6 Å². The first-order valence-electron chi connectivity index (χ1n) is 6.25. The van der Waals surface area contributed by atoms with Gasteiger partial charge in [0.25, 0.3) is 0 Å². The maximum atomic E-state index is 6.05. The highest BCUT2D eigenvalue weighted by atomic mass is 79.9. The number of nitrogens with zero attached hydrogens (tertiary/aromatic N) is 2. The van der Waals surface area contributed by atoms with Crippen molar-refractivity contribution in [2.24, 2.45) is 10.7 Å². The molecule has 0 bridgehead atoms. The molecule has 2 aromatic carbocycles. The summed E-state index contributed by atoms with van der Waals surface area (Å²) in [6, 6.07) is 16.0. The Balaban J connectivity index is 1.98. The molecule has 0 spiro atoms. The molecule has 0 fully saturated rings. The third-order valence-corrected chi connectivity index (χ3v) is 4.07. The predicted molar refractivity (Wildman–Crippen MR) is 87.3 cm³/mol. The van der Waals surface area contributed by atoms with Gasteiger partial charge < -0.3 is 10.6 Å². The number of nitrogens with two attached hydrogens (primary N) is 1. The summed E-state index contributed by atoms with van der Waals surface area (Å²) in [5.41, 5.74) is 8.22. The largest absolute Gasteiger partial charge is 0.369 e. The van der Waals surface area contributed by atoms with E-state index in [9.17, 15) is 0 Å². The van der Waals surface area contributed by atoms with Crippen LogP contribution in [0.1, 0.15) is 11.6 Å². The van der Waals surface area contributed by atoms with Gasteiger partial charge >= 0.3 is 0 Å². The molecule has 0 radical (unpaired) electrons. The number of aliphatic imine (C=N–C) groups is 1. The van der Waals surface area contributed by atoms with Crippen LogP contribution in [0.25, 0.3) is 0 Å². The van der Waals surface area contributed by atoms with E-state index in [1.54, 1.807) is 0 Å². The minimum atomic E-state index is 0.119. The van der Waals surface area contributed by atoms with Gasteiger partial charge in [0, 0.05) is 15.2 Å². The van der Waals surface area contributed by atoms with Crippen molar-refractivity contribution < 1.29 is 0 Å². The van der Waals surface area contributed by atoms with Crippen molar-refractivity contribution in [1.82, 2.24) is 0 Å². The molecule has 5 heteroatoms. The molecule has 20 heavy (non-hydrogen) atoms. The summed E-state index contributed by atoms with van der Waals surface area (Å²) in [5, 5.41) is 0.711. The maximum Gasteiger partial charge on any atom is 0.196 e. The van der Waals surface area contributed by atoms with Gasteiger partial charge in [0.15, 0.2) is 5.96 Å². The molecule has 2 aromatic rings. The van der Waals surface area contributed by atoms with Crippen LogP contribution in [0.3, 0.4) is 0 Å². The Morgan fingerprint density at radius 1 is 1.20 bits per heavy atom. The smallest absolute Gasteiger partial charge is 0.196 e. The fraction of sp³-hybridized carbons (Fsp3) is 0.133. The summed E-state index contributed by atoms with van der Waals surface area (Å²) in [6.07, 6.45) is 0. The summed E-state index contributed by atoms with van der Waals surface area (Å²) in [4.78, 5) is 6.42. The Kier molecular flexibility index (Phi) is 3.68. The summed E-state index contributed by atoms with van der Waals surface area (Å²) in [7, 11) is 0. The minimum absolute atomic E-state index is 0.119. The zero-order valence-electron chi connectivity index (χ0n) is 10.6. The Hall–Kier alpha value is -1.52. The van der Waals surface area contributed by atoms with Crippen molar-refractivity contribution in [2.45, 2.75) is 6.04 Å². The van der Waals surface area contributed by atoms with E-state index in [1.165, 1.54) is 5.56 Å². The molecule has 2 N–H and O–H groups in total. The molecule has 0 saturated carbocycles. The Morgan fingerprint density at radius 3 is 2.65 bits per heavy atom. The van der Waals surface area contributed by atoms with E-state index in [0.29, 0.717) is 17.5 Å². The summed E-state index contributed by atoms with van der Waals surface area (Å²) < 4.78 is 1.05. The van der Waals surface area contributed by atoms with Crippen molar-refractivity contribution in [1.29, 1.82) is 0 Å². The normalized spacial score (nSPS) is 18.2. The molecule has 3 nitrogen and oxygen atoms in total. The number of hydrogen-bond acceptors (Lipinski definition) is 3. The SMILES string of the molecule is NC1=NCC(c2cccc(Br)c2)N1c1ccc(Cl)cc1. The van der Waals surface area contributed by atoms with Crippen LogP contribution in [0.4, 0.5) is 5.69 Å². The van der Waals surface area contributed by atoms with Gasteiger partial charge in [0.1, 0.15) is 0 Å². The van der Waals surface area contributed by atoms with Crippen molar-refractivity contribution in [3.05, 3.63) is 63.6 Å². The number of halogens is 2. The van der Waals surface area contributed by atoms with E-state index < -0.39 is 0 Å². The monoisotopic (exact) mass is 349 g/mol. The highest BCUT2D eigenvalue weighted by molar-refractivity contribution is 9.10. The average Bonchev–Trinajstić information content (AvgIpc) is 2.82. The Labute approximate surface area is 131 Å². The lowest BCUT2D eigenvalue weighted by molar-refractivity contribution is 0.768. The molecule has 1 aliphatic rings. The summed E-state index contributed by atoms with van der Waals surface area (Å²) in [5.74, 6) is 0.539.